The first-order valence-corrected chi connectivity index (χ1v) is 6.85. The lowest BCUT2D eigenvalue weighted by atomic mass is 9.99. The first kappa shape index (κ1) is 13.3. The van der Waals surface area contributed by atoms with Crippen molar-refractivity contribution in [1.82, 2.24) is 9.80 Å². The highest BCUT2D eigenvalue weighted by atomic mass is 16.5. The van der Waals surface area contributed by atoms with Gasteiger partial charge in [-0.1, -0.05) is 0 Å². The van der Waals surface area contributed by atoms with Crippen LogP contribution in [0.25, 0.3) is 0 Å². The van der Waals surface area contributed by atoms with Gasteiger partial charge in [0.1, 0.15) is 0 Å². The van der Waals surface area contributed by atoms with Crippen molar-refractivity contribution in [3.05, 3.63) is 0 Å². The first-order valence-electron chi connectivity index (χ1n) is 6.85. The van der Waals surface area contributed by atoms with Crippen molar-refractivity contribution < 1.29 is 9.84 Å². The number of hydrogen-bond donors (Lipinski definition) is 1. The Morgan fingerprint density at radius 1 is 1.35 bits per heavy atom. The summed E-state index contributed by atoms with van der Waals surface area (Å²) in [6.45, 7) is 4.04. The van der Waals surface area contributed by atoms with Crippen LogP contribution < -0.4 is 0 Å². The largest absolute Gasteiger partial charge is 0.391 e. The molecule has 0 aromatic rings. The van der Waals surface area contributed by atoms with Gasteiger partial charge in [0.2, 0.25) is 0 Å². The second-order valence-electron chi connectivity index (χ2n) is 5.59. The minimum absolute atomic E-state index is 0.216. The van der Waals surface area contributed by atoms with Crippen molar-refractivity contribution in [1.29, 1.82) is 0 Å². The molecule has 2 aliphatic rings. The van der Waals surface area contributed by atoms with E-state index < -0.39 is 0 Å². The van der Waals surface area contributed by atoms with Gasteiger partial charge in [-0.3, -0.25) is 4.90 Å². The van der Waals surface area contributed by atoms with Crippen molar-refractivity contribution in [3.8, 4) is 0 Å². The maximum Gasteiger partial charge on any atom is 0.0708 e. The Morgan fingerprint density at radius 2 is 2.18 bits per heavy atom. The summed E-state index contributed by atoms with van der Waals surface area (Å²) in [7, 11) is 4.25. The van der Waals surface area contributed by atoms with Gasteiger partial charge in [-0.05, 0) is 39.8 Å². The van der Waals surface area contributed by atoms with Crippen molar-refractivity contribution >= 4 is 0 Å². The van der Waals surface area contributed by atoms with Gasteiger partial charge in [0, 0.05) is 32.3 Å². The molecule has 3 atom stereocenters. The molecule has 0 aromatic carbocycles. The fourth-order valence-corrected chi connectivity index (χ4v) is 2.88. The average Bonchev–Trinajstić information content (AvgIpc) is 2.82. The molecule has 2 saturated heterocycles. The molecule has 0 radical (unpaired) electrons. The topological polar surface area (TPSA) is 35.9 Å². The molecule has 0 aliphatic carbocycles. The van der Waals surface area contributed by atoms with Crippen LogP contribution in [0.5, 0.6) is 0 Å². The maximum absolute atomic E-state index is 10.3. The number of piperazine rings is 1. The smallest absolute Gasteiger partial charge is 0.0708 e. The predicted octanol–water partition coefficient (Wildman–Crippen LogP) is 0.552. The minimum Gasteiger partial charge on any atom is -0.391 e. The molecule has 0 saturated carbocycles. The third-order valence-electron chi connectivity index (χ3n) is 4.15. The zero-order valence-corrected chi connectivity index (χ0v) is 11.1. The monoisotopic (exact) mass is 242 g/mol. The lowest BCUT2D eigenvalue weighted by Gasteiger charge is -2.40. The summed E-state index contributed by atoms with van der Waals surface area (Å²) in [5, 5.41) is 10.3. The molecule has 1 N–H and O–H groups in total. The van der Waals surface area contributed by atoms with Gasteiger partial charge in [-0.15, -0.1) is 0 Å². The van der Waals surface area contributed by atoms with Crippen LogP contribution in [-0.4, -0.2) is 73.5 Å². The standard InChI is InChI=1S/C13H26N2O2/c1-14-7-8-15(2)12(10-14)13(16)6-5-11-4-3-9-17-11/h11-13,16H,3-10H2,1-2H3. The molecule has 2 heterocycles. The van der Waals surface area contributed by atoms with E-state index in [4.69, 9.17) is 4.74 Å². The molecule has 0 bridgehead atoms. The van der Waals surface area contributed by atoms with E-state index in [9.17, 15) is 5.11 Å². The van der Waals surface area contributed by atoms with E-state index in [1.54, 1.807) is 0 Å². The number of aliphatic hydroxyl groups excluding tert-OH is 1. The summed E-state index contributed by atoms with van der Waals surface area (Å²) in [5.74, 6) is 0. The number of nitrogens with zero attached hydrogens (tertiary/aromatic N) is 2. The highest BCUT2D eigenvalue weighted by Crippen LogP contribution is 2.20. The quantitative estimate of drug-likeness (QED) is 0.781. The highest BCUT2D eigenvalue weighted by Gasteiger charge is 2.29. The van der Waals surface area contributed by atoms with Gasteiger partial charge < -0.3 is 14.7 Å². The van der Waals surface area contributed by atoms with Crippen molar-refractivity contribution in [3.63, 3.8) is 0 Å². The Labute approximate surface area is 105 Å². The van der Waals surface area contributed by atoms with E-state index in [1.165, 1.54) is 12.8 Å². The first-order chi connectivity index (χ1) is 8.16. The van der Waals surface area contributed by atoms with Crippen LogP contribution in [0, 0.1) is 0 Å². The number of hydrogen-bond acceptors (Lipinski definition) is 4. The zero-order valence-electron chi connectivity index (χ0n) is 11.1. The summed E-state index contributed by atoms with van der Waals surface area (Å²) in [6.07, 6.45) is 4.42. The number of aliphatic hydroxyl groups is 1. The summed E-state index contributed by atoms with van der Waals surface area (Å²) in [5.41, 5.74) is 0. The summed E-state index contributed by atoms with van der Waals surface area (Å²) in [4.78, 5) is 4.60. The molecule has 4 nitrogen and oxygen atoms in total. The molecular formula is C13H26N2O2. The van der Waals surface area contributed by atoms with Crippen molar-refractivity contribution in [2.75, 3.05) is 40.3 Å². The predicted molar refractivity (Wildman–Crippen MR) is 68.1 cm³/mol. The van der Waals surface area contributed by atoms with Gasteiger partial charge >= 0.3 is 0 Å². The van der Waals surface area contributed by atoms with Crippen LogP contribution in [0.3, 0.4) is 0 Å². The van der Waals surface area contributed by atoms with E-state index in [2.05, 4.69) is 23.9 Å². The van der Waals surface area contributed by atoms with E-state index in [0.29, 0.717) is 6.10 Å². The zero-order chi connectivity index (χ0) is 12.3. The Balaban J connectivity index is 1.75. The minimum atomic E-state index is -0.216. The normalized spacial score (nSPS) is 34.1. The van der Waals surface area contributed by atoms with Crippen molar-refractivity contribution in [2.45, 2.75) is 43.9 Å². The summed E-state index contributed by atoms with van der Waals surface area (Å²) in [6, 6.07) is 0.287. The molecule has 0 amide bonds. The number of ether oxygens (including phenoxy) is 1. The lowest BCUT2D eigenvalue weighted by molar-refractivity contribution is 0.00136. The van der Waals surface area contributed by atoms with Crippen LogP contribution in [0.15, 0.2) is 0 Å². The molecule has 2 rings (SSSR count). The van der Waals surface area contributed by atoms with Gasteiger partial charge in [0.25, 0.3) is 0 Å². The van der Waals surface area contributed by atoms with E-state index in [-0.39, 0.29) is 12.1 Å². The molecule has 4 heteroatoms. The molecule has 0 spiro atoms. The van der Waals surface area contributed by atoms with Crippen LogP contribution >= 0.6 is 0 Å². The average molecular weight is 242 g/mol. The van der Waals surface area contributed by atoms with Crippen molar-refractivity contribution in [2.24, 2.45) is 0 Å². The van der Waals surface area contributed by atoms with Crippen LogP contribution in [0.4, 0.5) is 0 Å². The van der Waals surface area contributed by atoms with Crippen LogP contribution in [-0.2, 0) is 4.74 Å². The highest BCUT2D eigenvalue weighted by molar-refractivity contribution is 4.85. The van der Waals surface area contributed by atoms with Gasteiger partial charge in [-0.25, -0.2) is 0 Å². The molecule has 17 heavy (non-hydrogen) atoms. The van der Waals surface area contributed by atoms with E-state index >= 15 is 0 Å². The molecule has 3 unspecified atom stereocenters. The number of likely N-dealkylation sites (N-methyl/N-ethyl adjacent to an activating group) is 2. The number of rotatable bonds is 4. The fourth-order valence-electron chi connectivity index (χ4n) is 2.88. The van der Waals surface area contributed by atoms with Crippen LogP contribution in [0.2, 0.25) is 0 Å². The Hall–Kier alpha value is -0.160. The van der Waals surface area contributed by atoms with E-state index in [0.717, 1.165) is 39.1 Å². The summed E-state index contributed by atoms with van der Waals surface area (Å²) >= 11 is 0. The molecular weight excluding hydrogens is 216 g/mol. The van der Waals surface area contributed by atoms with Gasteiger partial charge in [-0.2, -0.15) is 0 Å². The van der Waals surface area contributed by atoms with E-state index in [1.807, 2.05) is 0 Å². The third-order valence-corrected chi connectivity index (χ3v) is 4.15. The second kappa shape index (κ2) is 6.14. The lowest BCUT2D eigenvalue weighted by Crippen LogP contribution is -2.55. The molecule has 100 valence electrons. The SMILES string of the molecule is CN1CCN(C)C(C(O)CCC2CCCO2)C1. The van der Waals surface area contributed by atoms with Gasteiger partial charge in [0.05, 0.1) is 12.2 Å². The Kier molecular flexibility index (Phi) is 4.79. The molecule has 2 aliphatic heterocycles. The Bertz CT molecular complexity index is 231. The molecule has 0 aromatic heterocycles. The fraction of sp³-hybridized carbons (Fsp3) is 1.00. The maximum atomic E-state index is 10.3. The Morgan fingerprint density at radius 3 is 2.88 bits per heavy atom. The van der Waals surface area contributed by atoms with Crippen LogP contribution in [0.1, 0.15) is 25.7 Å². The second-order valence-corrected chi connectivity index (χ2v) is 5.59. The van der Waals surface area contributed by atoms with Gasteiger partial charge in [0.15, 0.2) is 0 Å². The molecule has 2 fully saturated rings. The third kappa shape index (κ3) is 3.65. The summed E-state index contributed by atoms with van der Waals surface area (Å²) < 4.78 is 5.60.